The third-order valence-corrected chi connectivity index (χ3v) is 9.68. The van der Waals surface area contributed by atoms with Crippen molar-refractivity contribution in [2.24, 2.45) is 0 Å². The molecule has 4 aliphatic rings. The van der Waals surface area contributed by atoms with Crippen molar-refractivity contribution >= 4 is 17.6 Å². The van der Waals surface area contributed by atoms with E-state index in [1.54, 1.807) is 4.90 Å². The normalized spacial score (nSPS) is 20.9. The average Bonchev–Trinajstić information content (AvgIpc) is 3.75. The minimum absolute atomic E-state index is 0.196. The third kappa shape index (κ3) is 6.27. The highest BCUT2D eigenvalue weighted by molar-refractivity contribution is 5.69. The molecule has 2 aromatic carbocycles. The minimum Gasteiger partial charge on any atom is -0.491 e. The van der Waals surface area contributed by atoms with Gasteiger partial charge >= 0.3 is 12.1 Å². The summed E-state index contributed by atoms with van der Waals surface area (Å²) in [4.78, 5) is 31.7. The number of piperazine rings is 1. The topological polar surface area (TPSA) is 107 Å². The van der Waals surface area contributed by atoms with Crippen LogP contribution < -0.4 is 19.3 Å². The van der Waals surface area contributed by atoms with Gasteiger partial charge in [0.15, 0.2) is 0 Å². The van der Waals surface area contributed by atoms with E-state index in [0.717, 1.165) is 72.8 Å². The van der Waals surface area contributed by atoms with Gasteiger partial charge in [-0.3, -0.25) is 0 Å². The van der Waals surface area contributed by atoms with Gasteiger partial charge in [-0.05, 0) is 50.0 Å². The number of hydrogen-bond acceptors (Lipinski definition) is 10. The van der Waals surface area contributed by atoms with Crippen LogP contribution in [0.3, 0.4) is 0 Å². The maximum Gasteiger partial charge on any atom is 0.410 e. The van der Waals surface area contributed by atoms with Crippen LogP contribution >= 0.6 is 0 Å². The predicted molar refractivity (Wildman–Crippen MR) is 173 cm³/mol. The van der Waals surface area contributed by atoms with Crippen LogP contribution in [0.15, 0.2) is 48.5 Å². The number of rotatable bonds is 8. The van der Waals surface area contributed by atoms with Crippen molar-refractivity contribution in [3.8, 4) is 17.8 Å². The number of carbonyl (C=O) groups excluding carboxylic acids is 1. The highest BCUT2D eigenvalue weighted by Crippen LogP contribution is 2.39. The number of para-hydroxylation sites is 1. The van der Waals surface area contributed by atoms with Crippen molar-refractivity contribution in [1.82, 2.24) is 19.8 Å². The van der Waals surface area contributed by atoms with Crippen LogP contribution in [0, 0.1) is 11.3 Å². The summed E-state index contributed by atoms with van der Waals surface area (Å²) < 4.78 is 18.0. The summed E-state index contributed by atoms with van der Waals surface area (Å²) >= 11 is 0. The second kappa shape index (κ2) is 13.4. The van der Waals surface area contributed by atoms with E-state index in [2.05, 4.69) is 46.0 Å². The first-order chi connectivity index (χ1) is 22.6. The summed E-state index contributed by atoms with van der Waals surface area (Å²) in [6.45, 7) is 5.43. The van der Waals surface area contributed by atoms with Gasteiger partial charge in [-0.25, -0.2) is 4.79 Å². The fourth-order valence-corrected chi connectivity index (χ4v) is 7.10. The van der Waals surface area contributed by atoms with E-state index in [9.17, 15) is 10.1 Å². The van der Waals surface area contributed by atoms with Gasteiger partial charge in [0.05, 0.1) is 43.1 Å². The van der Waals surface area contributed by atoms with Crippen molar-refractivity contribution in [3.63, 3.8) is 0 Å². The number of aromatic nitrogens is 2. The van der Waals surface area contributed by atoms with Crippen LogP contribution in [0.5, 0.6) is 11.8 Å². The largest absolute Gasteiger partial charge is 0.491 e. The predicted octanol–water partition coefficient (Wildman–Crippen LogP) is 4.19. The highest BCUT2D eigenvalue weighted by Gasteiger charge is 2.35. The Morgan fingerprint density at radius 2 is 1.91 bits per heavy atom. The quantitative estimate of drug-likeness (QED) is 0.363. The van der Waals surface area contributed by atoms with Crippen molar-refractivity contribution in [2.75, 3.05) is 62.8 Å². The molecule has 2 fully saturated rings. The van der Waals surface area contributed by atoms with E-state index >= 15 is 0 Å². The van der Waals surface area contributed by atoms with Crippen molar-refractivity contribution in [2.45, 2.75) is 57.3 Å². The van der Waals surface area contributed by atoms with Gasteiger partial charge < -0.3 is 33.8 Å². The molecule has 1 amide bonds. The molecule has 0 saturated carbocycles. The molecule has 0 unspecified atom stereocenters. The Bertz CT molecular complexity index is 1600. The Balaban J connectivity index is 1.13. The molecule has 7 rings (SSSR count). The average molecular weight is 624 g/mol. The summed E-state index contributed by atoms with van der Waals surface area (Å²) in [5.41, 5.74) is 5.33. The number of anilines is 2. The molecule has 0 bridgehead atoms. The number of likely N-dealkylation sites (tertiary alicyclic amines) is 1. The Labute approximate surface area is 270 Å². The van der Waals surface area contributed by atoms with Gasteiger partial charge in [-0.15, -0.1) is 0 Å². The van der Waals surface area contributed by atoms with Gasteiger partial charge in [0.1, 0.15) is 24.8 Å². The number of hydrogen-bond donors (Lipinski definition) is 0. The van der Waals surface area contributed by atoms with Gasteiger partial charge in [-0.1, -0.05) is 42.5 Å². The summed E-state index contributed by atoms with van der Waals surface area (Å²) in [5.74, 6) is 1.82. The Morgan fingerprint density at radius 3 is 2.74 bits per heavy atom. The summed E-state index contributed by atoms with van der Waals surface area (Å²) in [7, 11) is 2.14. The first kappa shape index (κ1) is 30.1. The van der Waals surface area contributed by atoms with E-state index < -0.39 is 6.09 Å². The molecule has 11 nitrogen and oxygen atoms in total. The zero-order valence-corrected chi connectivity index (χ0v) is 26.4. The zero-order chi connectivity index (χ0) is 31.5. The Morgan fingerprint density at radius 1 is 1.02 bits per heavy atom. The smallest absolute Gasteiger partial charge is 0.410 e. The van der Waals surface area contributed by atoms with E-state index in [4.69, 9.17) is 24.2 Å². The fraction of sp³-hybridized carbons (Fsp3) is 0.486. The molecule has 2 atom stereocenters. The van der Waals surface area contributed by atoms with Crippen molar-refractivity contribution < 1.29 is 19.0 Å². The lowest BCUT2D eigenvalue weighted by atomic mass is 10.0. The molecule has 240 valence electrons. The van der Waals surface area contributed by atoms with E-state index in [-0.39, 0.29) is 19.1 Å². The fourth-order valence-electron chi connectivity index (χ4n) is 7.10. The van der Waals surface area contributed by atoms with Gasteiger partial charge in [0.25, 0.3) is 0 Å². The van der Waals surface area contributed by atoms with Gasteiger partial charge in [0, 0.05) is 44.2 Å². The van der Waals surface area contributed by atoms with Gasteiger partial charge in [-0.2, -0.15) is 15.2 Å². The molecule has 4 aliphatic heterocycles. The number of ether oxygens (including phenoxy) is 3. The van der Waals surface area contributed by atoms with Crippen LogP contribution in [0.2, 0.25) is 0 Å². The Hall–Kier alpha value is -4.56. The van der Waals surface area contributed by atoms with Gasteiger partial charge in [0.2, 0.25) is 0 Å². The number of amides is 1. The highest BCUT2D eigenvalue weighted by atomic mass is 16.6. The lowest BCUT2D eigenvalue weighted by Gasteiger charge is -2.42. The number of carbonyl (C=O) groups is 1. The first-order valence-electron chi connectivity index (χ1n) is 16.4. The van der Waals surface area contributed by atoms with Crippen LogP contribution in [0.25, 0.3) is 0 Å². The van der Waals surface area contributed by atoms with E-state index in [0.29, 0.717) is 51.4 Å². The molecule has 11 heteroatoms. The third-order valence-electron chi connectivity index (χ3n) is 9.68. The summed E-state index contributed by atoms with van der Waals surface area (Å²) in [6, 6.07) is 18.7. The molecule has 0 aliphatic carbocycles. The maximum absolute atomic E-state index is 13.2. The number of fused-ring (bicyclic) bond motifs is 2. The molecule has 0 N–H and O–H groups in total. The second-order valence-electron chi connectivity index (χ2n) is 12.6. The number of nitrogens with zero attached hydrogens (tertiary/aromatic N) is 7. The van der Waals surface area contributed by atoms with E-state index in [1.807, 2.05) is 30.3 Å². The monoisotopic (exact) mass is 623 g/mol. The molecule has 2 saturated heterocycles. The molecular formula is C35H41N7O4. The molecule has 3 aromatic rings. The molecule has 0 radical (unpaired) electrons. The van der Waals surface area contributed by atoms with E-state index in [1.165, 1.54) is 5.56 Å². The standard InChI is InChI=1S/C35H41N7O4/c1-39-16-6-10-28(39)24-45-34-37-30-22-40(31-11-5-9-26-14-20-44-32(26)31)17-13-29(30)33(38-34)41-18-19-42(27(21-41)12-15-36)35(43)46-23-25-7-3-2-4-8-25/h2-5,7-9,11,27-28H,6,10,12-14,16-24H2,1H3/t27-,28-/m0/s1. The van der Waals surface area contributed by atoms with Crippen LogP contribution in [-0.2, 0) is 30.7 Å². The second-order valence-corrected chi connectivity index (χ2v) is 12.6. The lowest BCUT2D eigenvalue weighted by molar-refractivity contribution is 0.0767. The van der Waals surface area contributed by atoms with Crippen LogP contribution in [-0.4, -0.2) is 90.9 Å². The Kier molecular flexibility index (Phi) is 8.79. The zero-order valence-electron chi connectivity index (χ0n) is 26.4. The van der Waals surface area contributed by atoms with Crippen molar-refractivity contribution in [1.29, 1.82) is 5.26 Å². The molecule has 0 spiro atoms. The molecule has 1 aromatic heterocycles. The molecule has 5 heterocycles. The maximum atomic E-state index is 13.2. The molecule has 46 heavy (non-hydrogen) atoms. The summed E-state index contributed by atoms with van der Waals surface area (Å²) in [5, 5.41) is 9.71. The summed E-state index contributed by atoms with van der Waals surface area (Å²) in [6.07, 6.45) is 3.77. The molecular weight excluding hydrogens is 582 g/mol. The number of nitriles is 1. The SMILES string of the molecule is CN1CCC[C@H]1COc1nc2c(c(N3CCN(C(=O)OCc4ccccc4)[C@@H](CC#N)C3)n1)CCN(c1cccc3c1OCC3)C2. The van der Waals surface area contributed by atoms with Crippen LogP contribution in [0.4, 0.5) is 16.3 Å². The number of benzene rings is 2. The first-order valence-corrected chi connectivity index (χ1v) is 16.4. The lowest BCUT2D eigenvalue weighted by Crippen LogP contribution is -2.55. The minimum atomic E-state index is -0.397. The van der Waals surface area contributed by atoms with Crippen LogP contribution in [0.1, 0.15) is 41.6 Å². The number of likely N-dealkylation sites (N-methyl/N-ethyl adjacent to an activating group) is 1. The van der Waals surface area contributed by atoms with Crippen molar-refractivity contribution in [3.05, 3.63) is 70.9 Å².